The first kappa shape index (κ1) is 24.7. The molecule has 0 aliphatic carbocycles. The van der Waals surface area contributed by atoms with Gasteiger partial charge in [0.2, 0.25) is 11.8 Å². The standard InChI is InChI=1S/C22H26ClN3O4S/c1-15(2)24-22(28)16(3)25(12-18-5-4-6-19(23)11-18)21(27)14-31-13-17-7-9-20(10-8-17)26(29)30/h4-11,15-16H,12-14H2,1-3H3,(H,24,28)/t16-/m1/s1. The minimum absolute atomic E-state index is 0.0301. The van der Waals surface area contributed by atoms with Crippen LogP contribution in [0.15, 0.2) is 48.5 Å². The van der Waals surface area contributed by atoms with Crippen LogP contribution >= 0.6 is 23.4 Å². The first-order chi connectivity index (χ1) is 14.7. The van der Waals surface area contributed by atoms with Crippen LogP contribution in [-0.4, -0.2) is 39.5 Å². The average Bonchev–Trinajstić information content (AvgIpc) is 2.71. The number of carbonyl (C=O) groups excluding carboxylic acids is 2. The third-order valence-electron chi connectivity index (χ3n) is 4.48. The van der Waals surface area contributed by atoms with Crippen LogP contribution in [0.1, 0.15) is 31.9 Å². The van der Waals surface area contributed by atoms with Gasteiger partial charge in [0, 0.05) is 35.5 Å². The molecule has 9 heteroatoms. The molecule has 0 unspecified atom stereocenters. The molecule has 2 aromatic carbocycles. The predicted molar refractivity (Wildman–Crippen MR) is 124 cm³/mol. The Bertz CT molecular complexity index is 921. The summed E-state index contributed by atoms with van der Waals surface area (Å²) in [5.41, 5.74) is 1.75. The van der Waals surface area contributed by atoms with Crippen LogP contribution < -0.4 is 5.32 Å². The van der Waals surface area contributed by atoms with Crippen molar-refractivity contribution in [3.63, 3.8) is 0 Å². The van der Waals surface area contributed by atoms with Gasteiger partial charge >= 0.3 is 0 Å². The van der Waals surface area contributed by atoms with Crippen LogP contribution in [0, 0.1) is 10.1 Å². The number of nitrogens with one attached hydrogen (secondary N) is 1. The first-order valence-electron chi connectivity index (χ1n) is 9.82. The number of nitro benzene ring substituents is 1. The van der Waals surface area contributed by atoms with Crippen LogP contribution in [-0.2, 0) is 21.9 Å². The molecule has 0 aliphatic heterocycles. The second-order valence-electron chi connectivity index (χ2n) is 7.41. The molecular formula is C22H26ClN3O4S. The fourth-order valence-corrected chi connectivity index (χ4v) is 3.96. The van der Waals surface area contributed by atoms with Crippen molar-refractivity contribution in [1.82, 2.24) is 10.2 Å². The Hall–Kier alpha value is -2.58. The van der Waals surface area contributed by atoms with E-state index in [0.29, 0.717) is 10.8 Å². The van der Waals surface area contributed by atoms with Gasteiger partial charge in [-0.25, -0.2) is 0 Å². The summed E-state index contributed by atoms with van der Waals surface area (Å²) < 4.78 is 0. The summed E-state index contributed by atoms with van der Waals surface area (Å²) in [5, 5.41) is 14.2. The van der Waals surface area contributed by atoms with Gasteiger partial charge in [0.25, 0.3) is 5.69 Å². The Labute approximate surface area is 191 Å². The van der Waals surface area contributed by atoms with Crippen molar-refractivity contribution in [2.75, 3.05) is 5.75 Å². The van der Waals surface area contributed by atoms with Gasteiger partial charge in [-0.15, -0.1) is 11.8 Å². The number of carbonyl (C=O) groups is 2. The molecule has 2 aromatic rings. The maximum atomic E-state index is 13.0. The highest BCUT2D eigenvalue weighted by atomic mass is 35.5. The van der Waals surface area contributed by atoms with Crippen LogP contribution in [0.5, 0.6) is 0 Å². The topological polar surface area (TPSA) is 92.6 Å². The SMILES string of the molecule is CC(C)NC(=O)[C@@H](C)N(Cc1cccc(Cl)c1)C(=O)CSCc1ccc([N+](=O)[O-])cc1. The van der Waals surface area contributed by atoms with Crippen molar-refractivity contribution < 1.29 is 14.5 Å². The van der Waals surface area contributed by atoms with Crippen molar-refractivity contribution >= 4 is 40.9 Å². The monoisotopic (exact) mass is 463 g/mol. The number of halogens is 1. The van der Waals surface area contributed by atoms with Gasteiger partial charge < -0.3 is 10.2 Å². The lowest BCUT2D eigenvalue weighted by Gasteiger charge is -2.29. The molecule has 0 bridgehead atoms. The zero-order chi connectivity index (χ0) is 23.0. The molecule has 0 saturated heterocycles. The Kier molecular flexibility index (Phi) is 9.33. The predicted octanol–water partition coefficient (Wildman–Crippen LogP) is 4.42. The molecule has 166 valence electrons. The number of rotatable bonds is 10. The number of hydrogen-bond donors (Lipinski definition) is 1. The van der Waals surface area contributed by atoms with Crippen molar-refractivity contribution in [3.8, 4) is 0 Å². The normalized spacial score (nSPS) is 11.8. The van der Waals surface area contributed by atoms with Gasteiger partial charge in [0.15, 0.2) is 0 Å². The average molecular weight is 464 g/mol. The summed E-state index contributed by atoms with van der Waals surface area (Å²) in [6, 6.07) is 12.8. The summed E-state index contributed by atoms with van der Waals surface area (Å²) in [4.78, 5) is 37.4. The summed E-state index contributed by atoms with van der Waals surface area (Å²) >= 11 is 7.47. The van der Waals surface area contributed by atoms with Crippen LogP contribution in [0.25, 0.3) is 0 Å². The lowest BCUT2D eigenvalue weighted by molar-refractivity contribution is -0.384. The van der Waals surface area contributed by atoms with Crippen LogP contribution in [0.2, 0.25) is 5.02 Å². The van der Waals surface area contributed by atoms with Crippen LogP contribution in [0.3, 0.4) is 0 Å². The molecule has 0 spiro atoms. The molecule has 0 fully saturated rings. The third-order valence-corrected chi connectivity index (χ3v) is 5.71. The van der Waals surface area contributed by atoms with E-state index in [1.807, 2.05) is 26.0 Å². The maximum absolute atomic E-state index is 13.0. The smallest absolute Gasteiger partial charge is 0.269 e. The largest absolute Gasteiger partial charge is 0.352 e. The van der Waals surface area contributed by atoms with E-state index in [1.165, 1.54) is 23.9 Å². The summed E-state index contributed by atoms with van der Waals surface area (Å²) in [6.45, 7) is 5.72. The lowest BCUT2D eigenvalue weighted by atomic mass is 10.1. The fraction of sp³-hybridized carbons (Fsp3) is 0.364. The van der Waals surface area contributed by atoms with Crippen molar-refractivity contribution in [1.29, 1.82) is 0 Å². The maximum Gasteiger partial charge on any atom is 0.269 e. The quantitative estimate of drug-likeness (QED) is 0.415. The molecule has 2 rings (SSSR count). The van der Waals surface area contributed by atoms with E-state index in [4.69, 9.17) is 11.6 Å². The van der Waals surface area contributed by atoms with Gasteiger partial charge in [0.1, 0.15) is 6.04 Å². The zero-order valence-corrected chi connectivity index (χ0v) is 19.3. The Morgan fingerprint density at radius 2 is 1.81 bits per heavy atom. The summed E-state index contributed by atoms with van der Waals surface area (Å²) in [6.07, 6.45) is 0. The third kappa shape index (κ3) is 7.88. The number of nitrogens with zero attached hydrogens (tertiary/aromatic N) is 2. The van der Waals surface area contributed by atoms with E-state index in [2.05, 4.69) is 5.32 Å². The molecule has 0 saturated carbocycles. The Morgan fingerprint density at radius 1 is 1.13 bits per heavy atom. The highest BCUT2D eigenvalue weighted by Gasteiger charge is 2.26. The van der Waals surface area contributed by atoms with Crippen molar-refractivity contribution in [2.24, 2.45) is 0 Å². The van der Waals surface area contributed by atoms with Gasteiger partial charge in [0.05, 0.1) is 10.7 Å². The molecule has 0 heterocycles. The fourth-order valence-electron chi connectivity index (χ4n) is 2.87. The second-order valence-corrected chi connectivity index (χ2v) is 8.83. The van der Waals surface area contributed by atoms with Gasteiger partial charge in [-0.3, -0.25) is 19.7 Å². The summed E-state index contributed by atoms with van der Waals surface area (Å²) in [7, 11) is 0. The molecular weight excluding hydrogens is 438 g/mol. The molecule has 0 aliphatic rings. The number of thioether (sulfide) groups is 1. The first-order valence-corrected chi connectivity index (χ1v) is 11.4. The van der Waals surface area contributed by atoms with Crippen molar-refractivity contribution in [2.45, 2.75) is 45.2 Å². The van der Waals surface area contributed by atoms with E-state index >= 15 is 0 Å². The van der Waals surface area contributed by atoms with Gasteiger partial charge in [-0.1, -0.05) is 35.9 Å². The minimum Gasteiger partial charge on any atom is -0.352 e. The Balaban J connectivity index is 2.05. The molecule has 0 aromatic heterocycles. The number of non-ortho nitro benzene ring substituents is 1. The molecule has 31 heavy (non-hydrogen) atoms. The lowest BCUT2D eigenvalue weighted by Crippen LogP contribution is -2.49. The second kappa shape index (κ2) is 11.7. The van der Waals surface area contributed by atoms with E-state index in [9.17, 15) is 19.7 Å². The molecule has 1 atom stereocenters. The van der Waals surface area contributed by atoms with E-state index in [0.717, 1.165) is 11.1 Å². The minimum atomic E-state index is -0.645. The van der Waals surface area contributed by atoms with Gasteiger partial charge in [-0.05, 0) is 44.0 Å². The number of amides is 2. The zero-order valence-electron chi connectivity index (χ0n) is 17.7. The molecule has 1 N–H and O–H groups in total. The van der Waals surface area contributed by atoms with Gasteiger partial charge in [-0.2, -0.15) is 0 Å². The highest BCUT2D eigenvalue weighted by Crippen LogP contribution is 2.19. The van der Waals surface area contributed by atoms with E-state index in [-0.39, 0.29) is 35.8 Å². The summed E-state index contributed by atoms with van der Waals surface area (Å²) in [5.74, 6) is 0.321. The highest BCUT2D eigenvalue weighted by molar-refractivity contribution is 7.99. The van der Waals surface area contributed by atoms with Crippen molar-refractivity contribution in [3.05, 3.63) is 74.8 Å². The number of hydrogen-bond acceptors (Lipinski definition) is 5. The molecule has 0 radical (unpaired) electrons. The molecule has 2 amide bonds. The van der Waals surface area contributed by atoms with E-state index in [1.54, 1.807) is 36.1 Å². The Morgan fingerprint density at radius 3 is 2.39 bits per heavy atom. The number of benzene rings is 2. The van der Waals surface area contributed by atoms with Crippen LogP contribution in [0.4, 0.5) is 5.69 Å². The van der Waals surface area contributed by atoms with E-state index < -0.39 is 11.0 Å². The molecule has 7 nitrogen and oxygen atoms in total. The number of nitro groups is 1.